The first-order valence-corrected chi connectivity index (χ1v) is 7.14. The van der Waals surface area contributed by atoms with Gasteiger partial charge in [-0.1, -0.05) is 0 Å². The molecule has 0 saturated carbocycles. The van der Waals surface area contributed by atoms with Crippen LogP contribution in [0.25, 0.3) is 11.0 Å². The molecule has 8 heteroatoms. The Hall–Kier alpha value is -3.29. The van der Waals surface area contributed by atoms with Crippen LogP contribution in [-0.2, 0) is 0 Å². The molecular formula is C16H13FN4O3. The van der Waals surface area contributed by atoms with Crippen LogP contribution in [0.3, 0.4) is 0 Å². The van der Waals surface area contributed by atoms with Crippen LogP contribution < -0.4 is 5.32 Å². The highest BCUT2D eigenvalue weighted by atomic mass is 19.1. The molecular weight excluding hydrogens is 315 g/mol. The number of nitrogens with zero attached hydrogens (tertiary/aromatic N) is 2. The number of carbonyl (C=O) groups is 1. The molecule has 1 aromatic heterocycles. The van der Waals surface area contributed by atoms with Crippen molar-refractivity contribution >= 4 is 22.6 Å². The summed E-state index contributed by atoms with van der Waals surface area (Å²) >= 11 is 0. The number of fused-ring (bicyclic) bond motifs is 1. The van der Waals surface area contributed by atoms with E-state index in [0.717, 1.165) is 0 Å². The van der Waals surface area contributed by atoms with Gasteiger partial charge in [-0.05, 0) is 37.3 Å². The molecule has 3 rings (SSSR count). The minimum atomic E-state index is -0.486. The Bertz CT molecular complexity index is 921. The van der Waals surface area contributed by atoms with E-state index in [2.05, 4.69) is 15.3 Å². The molecule has 0 fully saturated rings. The molecule has 1 unspecified atom stereocenters. The molecule has 0 spiro atoms. The smallest absolute Gasteiger partial charge is 0.271 e. The van der Waals surface area contributed by atoms with E-state index in [1.807, 2.05) is 0 Å². The average Bonchev–Trinajstić information content (AvgIpc) is 2.98. The van der Waals surface area contributed by atoms with Crippen molar-refractivity contribution in [3.8, 4) is 0 Å². The van der Waals surface area contributed by atoms with Crippen LogP contribution in [0.15, 0.2) is 42.5 Å². The molecule has 0 bridgehead atoms. The molecule has 1 atom stereocenters. The molecule has 7 nitrogen and oxygen atoms in total. The van der Waals surface area contributed by atoms with Crippen molar-refractivity contribution in [3.63, 3.8) is 0 Å². The van der Waals surface area contributed by atoms with Gasteiger partial charge in [0, 0.05) is 17.7 Å². The zero-order valence-electron chi connectivity index (χ0n) is 12.6. The number of benzene rings is 2. The fraction of sp³-hybridized carbons (Fsp3) is 0.125. The largest absolute Gasteiger partial charge is 0.342 e. The van der Waals surface area contributed by atoms with Gasteiger partial charge in [0.15, 0.2) is 0 Å². The fourth-order valence-electron chi connectivity index (χ4n) is 2.29. The number of hydrogen-bond acceptors (Lipinski definition) is 4. The second-order valence-electron chi connectivity index (χ2n) is 5.28. The van der Waals surface area contributed by atoms with Crippen LogP contribution in [0.2, 0.25) is 0 Å². The summed E-state index contributed by atoms with van der Waals surface area (Å²) in [6, 6.07) is 9.05. The van der Waals surface area contributed by atoms with Gasteiger partial charge in [0.2, 0.25) is 0 Å². The maximum atomic E-state index is 12.9. The minimum absolute atomic E-state index is 0.0410. The number of non-ortho nitro benzene ring substituents is 1. The van der Waals surface area contributed by atoms with Crippen molar-refractivity contribution in [3.05, 3.63) is 69.8 Å². The quantitative estimate of drug-likeness (QED) is 0.567. The Morgan fingerprint density at radius 3 is 2.67 bits per heavy atom. The molecule has 24 heavy (non-hydrogen) atoms. The highest BCUT2D eigenvalue weighted by Gasteiger charge is 2.16. The predicted octanol–water partition coefficient (Wildman–Crippen LogP) is 3.10. The predicted molar refractivity (Wildman–Crippen MR) is 85.0 cm³/mol. The number of amides is 1. The van der Waals surface area contributed by atoms with Crippen LogP contribution in [-0.4, -0.2) is 20.8 Å². The van der Waals surface area contributed by atoms with E-state index in [9.17, 15) is 19.3 Å². The van der Waals surface area contributed by atoms with Crippen molar-refractivity contribution in [2.45, 2.75) is 13.0 Å². The van der Waals surface area contributed by atoms with Gasteiger partial charge < -0.3 is 10.3 Å². The summed E-state index contributed by atoms with van der Waals surface area (Å²) in [5, 5.41) is 13.5. The van der Waals surface area contributed by atoms with E-state index in [0.29, 0.717) is 22.4 Å². The molecule has 1 amide bonds. The summed E-state index contributed by atoms with van der Waals surface area (Å²) in [7, 11) is 0. The molecule has 0 aliphatic rings. The number of H-pyrrole nitrogens is 1. The SMILES string of the molecule is CC(NC(=O)c1ccc(F)cc1)c1nc2ccc([N+](=O)[O-])cc2[nH]1. The summed E-state index contributed by atoms with van der Waals surface area (Å²) in [6.07, 6.45) is 0. The Morgan fingerprint density at radius 2 is 2.00 bits per heavy atom. The number of aromatic amines is 1. The van der Waals surface area contributed by atoms with Crippen molar-refractivity contribution in [1.29, 1.82) is 0 Å². The van der Waals surface area contributed by atoms with Crippen LogP contribution in [0.4, 0.5) is 10.1 Å². The lowest BCUT2D eigenvalue weighted by Gasteiger charge is -2.11. The molecule has 3 aromatic rings. The van der Waals surface area contributed by atoms with Crippen LogP contribution in [0.5, 0.6) is 0 Å². The third kappa shape index (κ3) is 3.07. The number of rotatable bonds is 4. The molecule has 0 aliphatic heterocycles. The lowest BCUT2D eigenvalue weighted by Crippen LogP contribution is -2.27. The first-order valence-electron chi connectivity index (χ1n) is 7.14. The fourth-order valence-corrected chi connectivity index (χ4v) is 2.29. The first-order chi connectivity index (χ1) is 11.4. The topological polar surface area (TPSA) is 101 Å². The number of carbonyl (C=O) groups excluding carboxylic acids is 1. The van der Waals surface area contributed by atoms with E-state index in [1.165, 1.54) is 36.4 Å². The molecule has 122 valence electrons. The number of nitrogens with one attached hydrogen (secondary N) is 2. The van der Waals surface area contributed by atoms with E-state index < -0.39 is 16.8 Å². The van der Waals surface area contributed by atoms with Crippen molar-refractivity contribution in [2.24, 2.45) is 0 Å². The molecule has 1 heterocycles. The summed E-state index contributed by atoms with van der Waals surface area (Å²) in [5.41, 5.74) is 1.37. The number of imidazole rings is 1. The lowest BCUT2D eigenvalue weighted by atomic mass is 10.2. The number of hydrogen-bond donors (Lipinski definition) is 2. The van der Waals surface area contributed by atoms with Gasteiger partial charge in [-0.3, -0.25) is 14.9 Å². The highest BCUT2D eigenvalue weighted by Crippen LogP contribution is 2.21. The van der Waals surface area contributed by atoms with Gasteiger partial charge >= 0.3 is 0 Å². The standard InChI is InChI=1S/C16H13FN4O3/c1-9(18-16(22)10-2-4-11(17)5-3-10)15-19-13-7-6-12(21(23)24)8-14(13)20-15/h2-9H,1H3,(H,18,22)(H,19,20). The summed E-state index contributed by atoms with van der Waals surface area (Å²) in [6.45, 7) is 1.73. The van der Waals surface area contributed by atoms with Gasteiger partial charge in [0.05, 0.1) is 22.0 Å². The van der Waals surface area contributed by atoms with Crippen LogP contribution in [0, 0.1) is 15.9 Å². The molecule has 0 radical (unpaired) electrons. The Labute approximate surface area is 135 Å². The zero-order chi connectivity index (χ0) is 17.3. The van der Waals surface area contributed by atoms with Gasteiger partial charge in [-0.2, -0.15) is 0 Å². The number of halogens is 1. The summed E-state index contributed by atoms with van der Waals surface area (Å²) < 4.78 is 12.9. The van der Waals surface area contributed by atoms with Crippen molar-refractivity contribution < 1.29 is 14.1 Å². The Balaban J connectivity index is 1.80. The minimum Gasteiger partial charge on any atom is -0.342 e. The second-order valence-corrected chi connectivity index (χ2v) is 5.28. The molecule has 0 aliphatic carbocycles. The Morgan fingerprint density at radius 1 is 1.29 bits per heavy atom. The maximum absolute atomic E-state index is 12.9. The van der Waals surface area contributed by atoms with Gasteiger partial charge in [0.25, 0.3) is 11.6 Å². The number of nitro benzene ring substituents is 1. The van der Waals surface area contributed by atoms with Gasteiger partial charge in [-0.15, -0.1) is 0 Å². The summed E-state index contributed by atoms with van der Waals surface area (Å²) in [5.74, 6) is -0.312. The molecule has 2 aromatic carbocycles. The van der Waals surface area contributed by atoms with E-state index in [4.69, 9.17) is 0 Å². The van der Waals surface area contributed by atoms with Crippen LogP contribution in [0.1, 0.15) is 29.1 Å². The lowest BCUT2D eigenvalue weighted by molar-refractivity contribution is -0.384. The first kappa shape index (κ1) is 15.6. The normalized spacial score (nSPS) is 12.1. The zero-order valence-corrected chi connectivity index (χ0v) is 12.6. The van der Waals surface area contributed by atoms with Crippen molar-refractivity contribution in [1.82, 2.24) is 15.3 Å². The number of nitro groups is 1. The van der Waals surface area contributed by atoms with Crippen LogP contribution >= 0.6 is 0 Å². The van der Waals surface area contributed by atoms with Gasteiger partial charge in [0.1, 0.15) is 11.6 Å². The second kappa shape index (κ2) is 6.07. The maximum Gasteiger partial charge on any atom is 0.271 e. The molecule has 2 N–H and O–H groups in total. The van der Waals surface area contributed by atoms with Crippen molar-refractivity contribution in [2.75, 3.05) is 0 Å². The summed E-state index contributed by atoms with van der Waals surface area (Å²) in [4.78, 5) is 29.7. The monoisotopic (exact) mass is 328 g/mol. The van der Waals surface area contributed by atoms with E-state index in [-0.39, 0.29) is 11.6 Å². The molecule has 0 saturated heterocycles. The average molecular weight is 328 g/mol. The number of aromatic nitrogens is 2. The highest BCUT2D eigenvalue weighted by molar-refractivity contribution is 5.94. The Kier molecular flexibility index (Phi) is 3.95. The van der Waals surface area contributed by atoms with Gasteiger partial charge in [-0.25, -0.2) is 9.37 Å². The van der Waals surface area contributed by atoms with E-state index in [1.54, 1.807) is 13.0 Å². The van der Waals surface area contributed by atoms with E-state index >= 15 is 0 Å². The third-order valence-corrected chi connectivity index (χ3v) is 3.56. The third-order valence-electron chi connectivity index (χ3n) is 3.56.